The molecule has 3 heterocycles. The average Bonchev–Trinajstić information content (AvgIpc) is 3.04. The van der Waals surface area contributed by atoms with Crippen LogP contribution in [0.15, 0.2) is 12.4 Å². The van der Waals surface area contributed by atoms with Crippen LogP contribution in [0.25, 0.3) is 0 Å². The molecule has 2 aliphatic rings. The Bertz CT molecular complexity index is 577. The zero-order valence-corrected chi connectivity index (χ0v) is 13.2. The Labute approximate surface area is 136 Å². The molecule has 1 unspecified atom stereocenters. The van der Waals surface area contributed by atoms with Crippen LogP contribution in [-0.4, -0.2) is 58.5 Å². The van der Waals surface area contributed by atoms with Gasteiger partial charge in [-0.15, -0.1) is 0 Å². The molecule has 0 radical (unpaired) electrons. The summed E-state index contributed by atoms with van der Waals surface area (Å²) in [4.78, 5) is 23.3. The summed E-state index contributed by atoms with van der Waals surface area (Å²) in [5.74, 6) is 2.07. The molecule has 1 amide bonds. The highest BCUT2D eigenvalue weighted by Gasteiger charge is 2.35. The summed E-state index contributed by atoms with van der Waals surface area (Å²) < 4.78 is 38.2. The third kappa shape index (κ3) is 3.70. The Balaban J connectivity index is 1.66. The Hall–Kier alpha value is -1.51. The number of anilines is 1. The maximum absolute atomic E-state index is 12.7. The lowest BCUT2D eigenvalue weighted by Crippen LogP contribution is -2.42. The van der Waals surface area contributed by atoms with Crippen molar-refractivity contribution in [3.8, 4) is 0 Å². The molecular formula is C14H17F3N4OS. The molecule has 2 fully saturated rings. The van der Waals surface area contributed by atoms with E-state index in [2.05, 4.69) is 9.97 Å². The van der Waals surface area contributed by atoms with Crippen molar-refractivity contribution in [3.63, 3.8) is 0 Å². The number of hydrogen-bond acceptors (Lipinski definition) is 5. The fourth-order valence-corrected chi connectivity index (χ4v) is 3.79. The monoisotopic (exact) mass is 346 g/mol. The molecule has 0 saturated carbocycles. The van der Waals surface area contributed by atoms with Gasteiger partial charge < -0.3 is 9.80 Å². The fraction of sp³-hybridized carbons (Fsp3) is 0.643. The zero-order chi connectivity index (χ0) is 16.4. The second kappa shape index (κ2) is 6.54. The number of rotatable bonds is 2. The summed E-state index contributed by atoms with van der Waals surface area (Å²) >= 11 is 1.83. The highest BCUT2D eigenvalue weighted by molar-refractivity contribution is 7.99. The van der Waals surface area contributed by atoms with Gasteiger partial charge in [-0.1, -0.05) is 0 Å². The largest absolute Gasteiger partial charge is 0.433 e. The van der Waals surface area contributed by atoms with Crippen molar-refractivity contribution in [1.29, 1.82) is 0 Å². The summed E-state index contributed by atoms with van der Waals surface area (Å²) in [7, 11) is 0. The molecule has 3 rings (SSSR count). The third-order valence-corrected chi connectivity index (χ3v) is 5.07. The molecule has 126 valence electrons. The molecule has 1 atom stereocenters. The highest BCUT2D eigenvalue weighted by Crippen LogP contribution is 2.31. The van der Waals surface area contributed by atoms with Crippen LogP contribution in [0.3, 0.4) is 0 Å². The lowest BCUT2D eigenvalue weighted by Gasteiger charge is -2.29. The van der Waals surface area contributed by atoms with E-state index in [1.807, 2.05) is 16.7 Å². The van der Waals surface area contributed by atoms with Gasteiger partial charge in [0.25, 0.3) is 0 Å². The van der Waals surface area contributed by atoms with Gasteiger partial charge in [0.05, 0.1) is 5.92 Å². The van der Waals surface area contributed by atoms with E-state index in [1.54, 1.807) is 4.90 Å². The summed E-state index contributed by atoms with van der Waals surface area (Å²) in [6.07, 6.45) is -2.92. The minimum Gasteiger partial charge on any atom is -0.356 e. The third-order valence-electron chi connectivity index (χ3n) is 4.13. The lowest BCUT2D eigenvalue weighted by molar-refractivity contribution is -0.141. The molecule has 1 aromatic heterocycles. The van der Waals surface area contributed by atoms with Crippen LogP contribution in [0.4, 0.5) is 19.0 Å². The van der Waals surface area contributed by atoms with Crippen molar-refractivity contribution in [1.82, 2.24) is 14.9 Å². The number of carbonyl (C=O) groups is 1. The number of thioether (sulfide) groups is 1. The van der Waals surface area contributed by atoms with Crippen LogP contribution in [0, 0.1) is 5.92 Å². The molecule has 0 N–H and O–H groups in total. The number of hydrogen-bond donors (Lipinski definition) is 0. The number of carbonyl (C=O) groups excluding carboxylic acids is 1. The van der Waals surface area contributed by atoms with E-state index in [0.717, 1.165) is 37.0 Å². The first-order valence-electron chi connectivity index (χ1n) is 7.46. The first kappa shape index (κ1) is 16.4. The van der Waals surface area contributed by atoms with Gasteiger partial charge in [-0.2, -0.15) is 24.9 Å². The van der Waals surface area contributed by atoms with Gasteiger partial charge in [-0.25, -0.2) is 9.97 Å². The van der Waals surface area contributed by atoms with Crippen molar-refractivity contribution in [3.05, 3.63) is 18.1 Å². The molecular weight excluding hydrogens is 329 g/mol. The van der Waals surface area contributed by atoms with Crippen LogP contribution in [0.2, 0.25) is 0 Å². The number of amides is 1. The molecule has 0 bridgehead atoms. The van der Waals surface area contributed by atoms with E-state index < -0.39 is 11.9 Å². The quantitative estimate of drug-likeness (QED) is 0.819. The van der Waals surface area contributed by atoms with Gasteiger partial charge in [0.1, 0.15) is 17.8 Å². The van der Waals surface area contributed by atoms with Crippen molar-refractivity contribution in [2.45, 2.75) is 12.6 Å². The van der Waals surface area contributed by atoms with E-state index >= 15 is 0 Å². The SMILES string of the molecule is O=C(C1CCN(c2cc(C(F)(F)F)ncn2)C1)N1CCSCC1. The first-order valence-corrected chi connectivity index (χ1v) is 8.61. The number of halogens is 3. The van der Waals surface area contributed by atoms with Gasteiger partial charge >= 0.3 is 6.18 Å². The van der Waals surface area contributed by atoms with E-state index in [4.69, 9.17) is 0 Å². The second-order valence-corrected chi connectivity index (χ2v) is 6.85. The molecule has 0 spiro atoms. The molecule has 0 aromatic carbocycles. The van der Waals surface area contributed by atoms with Crippen LogP contribution in [-0.2, 0) is 11.0 Å². The highest BCUT2D eigenvalue weighted by atomic mass is 32.2. The van der Waals surface area contributed by atoms with Gasteiger partial charge in [0.15, 0.2) is 0 Å². The average molecular weight is 346 g/mol. The van der Waals surface area contributed by atoms with Crippen LogP contribution in [0.1, 0.15) is 12.1 Å². The smallest absolute Gasteiger partial charge is 0.356 e. The van der Waals surface area contributed by atoms with Crippen LogP contribution >= 0.6 is 11.8 Å². The van der Waals surface area contributed by atoms with Crippen molar-refractivity contribution >= 4 is 23.5 Å². The molecule has 23 heavy (non-hydrogen) atoms. The Morgan fingerprint density at radius 2 is 1.96 bits per heavy atom. The first-order chi connectivity index (χ1) is 10.9. The summed E-state index contributed by atoms with van der Waals surface area (Å²) in [6.45, 7) is 2.46. The summed E-state index contributed by atoms with van der Waals surface area (Å²) in [5.41, 5.74) is -0.953. The summed E-state index contributed by atoms with van der Waals surface area (Å²) in [5, 5.41) is 0. The van der Waals surface area contributed by atoms with Gasteiger partial charge in [-0.3, -0.25) is 4.79 Å². The van der Waals surface area contributed by atoms with E-state index in [1.165, 1.54) is 0 Å². The standard InChI is InChI=1S/C14H17F3N4OS/c15-14(16,17)11-7-12(19-9-18-11)21-2-1-10(8-21)13(22)20-3-5-23-6-4-20/h7,9-10H,1-6,8H2. The van der Waals surface area contributed by atoms with E-state index in [0.29, 0.717) is 19.5 Å². The zero-order valence-electron chi connectivity index (χ0n) is 12.4. The Morgan fingerprint density at radius 1 is 1.22 bits per heavy atom. The van der Waals surface area contributed by atoms with Crippen molar-refractivity contribution in [2.24, 2.45) is 5.92 Å². The van der Waals surface area contributed by atoms with E-state index in [-0.39, 0.29) is 17.6 Å². The fourth-order valence-electron chi connectivity index (χ4n) is 2.89. The van der Waals surface area contributed by atoms with Crippen LogP contribution in [0.5, 0.6) is 0 Å². The van der Waals surface area contributed by atoms with Crippen molar-refractivity contribution < 1.29 is 18.0 Å². The molecule has 5 nitrogen and oxygen atoms in total. The Kier molecular flexibility index (Phi) is 4.65. The predicted molar refractivity (Wildman–Crippen MR) is 81.3 cm³/mol. The minimum atomic E-state index is -4.49. The topological polar surface area (TPSA) is 49.3 Å². The summed E-state index contributed by atoms with van der Waals surface area (Å²) in [6, 6.07) is 0.949. The van der Waals surface area contributed by atoms with Crippen molar-refractivity contribution in [2.75, 3.05) is 42.6 Å². The lowest BCUT2D eigenvalue weighted by atomic mass is 10.1. The maximum Gasteiger partial charge on any atom is 0.433 e. The predicted octanol–water partition coefficient (Wildman–Crippen LogP) is 1.90. The maximum atomic E-state index is 12.7. The van der Waals surface area contributed by atoms with Crippen LogP contribution < -0.4 is 4.90 Å². The number of alkyl halides is 3. The molecule has 2 aliphatic heterocycles. The molecule has 9 heteroatoms. The van der Waals surface area contributed by atoms with E-state index in [9.17, 15) is 18.0 Å². The molecule has 2 saturated heterocycles. The number of nitrogens with zero attached hydrogens (tertiary/aromatic N) is 4. The second-order valence-electron chi connectivity index (χ2n) is 5.63. The number of aromatic nitrogens is 2. The Morgan fingerprint density at radius 3 is 2.65 bits per heavy atom. The minimum absolute atomic E-state index is 0.109. The van der Waals surface area contributed by atoms with Gasteiger partial charge in [0, 0.05) is 43.8 Å². The van der Waals surface area contributed by atoms with Gasteiger partial charge in [-0.05, 0) is 6.42 Å². The molecule has 1 aromatic rings. The van der Waals surface area contributed by atoms with Gasteiger partial charge in [0.2, 0.25) is 5.91 Å². The molecule has 0 aliphatic carbocycles. The normalized spacial score (nSPS) is 22.5.